The van der Waals surface area contributed by atoms with Gasteiger partial charge < -0.3 is 9.97 Å². The lowest BCUT2D eigenvalue weighted by Crippen LogP contribution is -2.46. The van der Waals surface area contributed by atoms with Crippen molar-refractivity contribution in [2.45, 2.75) is 6.92 Å². The van der Waals surface area contributed by atoms with Gasteiger partial charge in [0.25, 0.3) is 11.1 Å². The fourth-order valence-electron chi connectivity index (χ4n) is 1.63. The molecule has 4 heteroatoms. The number of rotatable bonds is 2. The smallest absolute Gasteiger partial charge is 0.272 e. The number of H-pyrrole nitrogens is 2. The Morgan fingerprint density at radius 1 is 0.947 bits per heavy atom. The molecular weight excluding hydrogens is 240 g/mol. The van der Waals surface area contributed by atoms with Gasteiger partial charge in [-0.3, -0.25) is 9.59 Å². The van der Waals surface area contributed by atoms with Crippen molar-refractivity contribution < 1.29 is 0 Å². The Morgan fingerprint density at radius 2 is 1.58 bits per heavy atom. The summed E-state index contributed by atoms with van der Waals surface area (Å²) in [4.78, 5) is 28.3. The maximum atomic E-state index is 11.7. The largest absolute Gasteiger partial charge is 0.316 e. The van der Waals surface area contributed by atoms with Crippen LogP contribution in [0.25, 0.3) is 18.2 Å². The Kier molecular flexibility index (Phi) is 3.93. The van der Waals surface area contributed by atoms with E-state index in [1.165, 1.54) is 0 Å². The number of hydrogen-bond acceptors (Lipinski definition) is 2. The van der Waals surface area contributed by atoms with Crippen molar-refractivity contribution >= 4 is 18.2 Å². The van der Waals surface area contributed by atoms with Gasteiger partial charge in [0, 0.05) is 0 Å². The maximum Gasteiger partial charge on any atom is 0.272 e. The van der Waals surface area contributed by atoms with Crippen LogP contribution < -0.4 is 21.8 Å². The van der Waals surface area contributed by atoms with Crippen LogP contribution in [0.2, 0.25) is 0 Å². The van der Waals surface area contributed by atoms with Crippen LogP contribution in [0.15, 0.2) is 46.0 Å². The Bertz CT molecular complexity index is 812. The lowest BCUT2D eigenvalue weighted by molar-refractivity contribution is 1.00. The van der Waals surface area contributed by atoms with Crippen LogP contribution in [0.4, 0.5) is 0 Å². The molecule has 2 aromatic rings. The maximum absolute atomic E-state index is 11.7. The van der Waals surface area contributed by atoms with Gasteiger partial charge in [0.2, 0.25) is 0 Å². The molecular formula is C15H14N2O2. The summed E-state index contributed by atoms with van der Waals surface area (Å²) in [5.41, 5.74) is 0.405. The topological polar surface area (TPSA) is 65.7 Å². The second-order valence-electron chi connectivity index (χ2n) is 3.96. The summed E-state index contributed by atoms with van der Waals surface area (Å²) < 4.78 is 0. The highest BCUT2D eigenvalue weighted by Gasteiger charge is 1.92. The standard InChI is InChI=1S/C15H14N2O2/c1-2-12-14(18)17-13(15(19)16-12)10-6-9-11-7-4-3-5-8-11/h2-10H,1H3,(H,16,19)(H,17,18)/b9-6-,12-2+,13-10-. The zero-order valence-corrected chi connectivity index (χ0v) is 10.5. The second-order valence-corrected chi connectivity index (χ2v) is 3.96. The zero-order chi connectivity index (χ0) is 13.7. The molecule has 0 aliphatic carbocycles. The lowest BCUT2D eigenvalue weighted by Gasteiger charge is -1.89. The first kappa shape index (κ1) is 12.8. The molecule has 0 aliphatic rings. The number of allylic oxidation sites excluding steroid dienone is 1. The third-order valence-corrected chi connectivity index (χ3v) is 2.63. The number of aromatic nitrogens is 2. The molecule has 0 atom stereocenters. The Labute approximate surface area is 109 Å². The van der Waals surface area contributed by atoms with Crippen LogP contribution in [0, 0.1) is 0 Å². The molecule has 0 fully saturated rings. The van der Waals surface area contributed by atoms with Crippen LogP contribution >= 0.6 is 0 Å². The number of benzene rings is 1. The summed E-state index contributed by atoms with van der Waals surface area (Å²) in [6, 6.07) is 9.70. The second kappa shape index (κ2) is 5.82. The molecule has 1 aromatic carbocycles. The summed E-state index contributed by atoms with van der Waals surface area (Å²) in [6.45, 7) is 1.69. The Hall–Kier alpha value is -2.62. The molecule has 0 saturated heterocycles. The highest BCUT2D eigenvalue weighted by molar-refractivity contribution is 5.56. The van der Waals surface area contributed by atoms with Gasteiger partial charge in [-0.05, 0) is 18.6 Å². The molecule has 0 amide bonds. The highest BCUT2D eigenvalue weighted by atomic mass is 16.1. The molecule has 1 heterocycles. The van der Waals surface area contributed by atoms with Gasteiger partial charge in [0.05, 0.1) is 0 Å². The Morgan fingerprint density at radius 3 is 2.26 bits per heavy atom. The minimum absolute atomic E-state index is 0.239. The van der Waals surface area contributed by atoms with Gasteiger partial charge in [-0.2, -0.15) is 0 Å². The zero-order valence-electron chi connectivity index (χ0n) is 10.5. The molecule has 0 saturated carbocycles. The first-order valence-corrected chi connectivity index (χ1v) is 5.93. The quantitative estimate of drug-likeness (QED) is 0.812. The predicted octanol–water partition coefficient (Wildman–Crippen LogP) is 0.357. The molecule has 2 rings (SSSR count). The number of aromatic amines is 2. The van der Waals surface area contributed by atoms with E-state index in [9.17, 15) is 9.59 Å². The van der Waals surface area contributed by atoms with E-state index in [-0.39, 0.29) is 21.8 Å². The summed E-state index contributed by atoms with van der Waals surface area (Å²) in [5.74, 6) is 0. The molecule has 0 radical (unpaired) electrons. The van der Waals surface area contributed by atoms with Crippen molar-refractivity contribution in [3.63, 3.8) is 0 Å². The van der Waals surface area contributed by atoms with Crippen molar-refractivity contribution in [2.75, 3.05) is 0 Å². The molecule has 2 N–H and O–H groups in total. The van der Waals surface area contributed by atoms with Gasteiger partial charge in [-0.25, -0.2) is 0 Å². The first-order valence-electron chi connectivity index (χ1n) is 5.93. The fourth-order valence-corrected chi connectivity index (χ4v) is 1.63. The lowest BCUT2D eigenvalue weighted by atomic mass is 10.2. The summed E-state index contributed by atoms with van der Waals surface area (Å²) in [6.07, 6.45) is 6.72. The fraction of sp³-hybridized carbons (Fsp3) is 0.0667. The average molecular weight is 254 g/mol. The minimum atomic E-state index is -0.314. The third kappa shape index (κ3) is 3.19. The van der Waals surface area contributed by atoms with Gasteiger partial charge >= 0.3 is 0 Å². The minimum Gasteiger partial charge on any atom is -0.316 e. The summed E-state index contributed by atoms with van der Waals surface area (Å²) >= 11 is 0. The number of nitrogens with one attached hydrogen (secondary N) is 2. The highest BCUT2D eigenvalue weighted by Crippen LogP contribution is 2.00. The summed E-state index contributed by atoms with van der Waals surface area (Å²) in [7, 11) is 0. The predicted molar refractivity (Wildman–Crippen MR) is 77.0 cm³/mol. The van der Waals surface area contributed by atoms with Crippen molar-refractivity contribution in [1.82, 2.24) is 9.97 Å². The molecule has 0 aliphatic heterocycles. The van der Waals surface area contributed by atoms with Crippen molar-refractivity contribution in [3.8, 4) is 0 Å². The molecule has 96 valence electrons. The SMILES string of the molecule is C/C=c1/[nH]c(=O)/c(=C/C=C\c2ccccc2)[nH]c1=O. The van der Waals surface area contributed by atoms with E-state index in [0.717, 1.165) is 5.56 Å². The summed E-state index contributed by atoms with van der Waals surface area (Å²) in [5, 5.41) is 0.511. The molecule has 0 spiro atoms. The third-order valence-electron chi connectivity index (χ3n) is 2.63. The van der Waals surface area contributed by atoms with Gasteiger partial charge in [0.1, 0.15) is 10.7 Å². The van der Waals surface area contributed by atoms with Crippen LogP contribution in [-0.2, 0) is 0 Å². The molecule has 4 nitrogen and oxygen atoms in total. The molecule has 0 bridgehead atoms. The normalized spacial score (nSPS) is 13.3. The van der Waals surface area contributed by atoms with E-state index in [2.05, 4.69) is 9.97 Å². The van der Waals surface area contributed by atoms with E-state index >= 15 is 0 Å². The molecule has 1 aromatic heterocycles. The van der Waals surface area contributed by atoms with E-state index in [1.807, 2.05) is 36.4 Å². The molecule has 19 heavy (non-hydrogen) atoms. The van der Waals surface area contributed by atoms with E-state index in [1.54, 1.807) is 25.2 Å². The van der Waals surface area contributed by atoms with Crippen molar-refractivity contribution in [3.05, 3.63) is 73.4 Å². The first-order chi connectivity index (χ1) is 9.20. The average Bonchev–Trinajstić information content (AvgIpc) is 2.43. The number of hydrogen-bond donors (Lipinski definition) is 2. The van der Waals surface area contributed by atoms with Crippen LogP contribution in [0.3, 0.4) is 0 Å². The Balaban J connectivity index is 2.41. The van der Waals surface area contributed by atoms with Crippen LogP contribution in [-0.4, -0.2) is 9.97 Å². The van der Waals surface area contributed by atoms with Crippen LogP contribution in [0.5, 0.6) is 0 Å². The van der Waals surface area contributed by atoms with Crippen molar-refractivity contribution in [1.29, 1.82) is 0 Å². The van der Waals surface area contributed by atoms with E-state index < -0.39 is 0 Å². The van der Waals surface area contributed by atoms with Crippen molar-refractivity contribution in [2.24, 2.45) is 0 Å². The van der Waals surface area contributed by atoms with Gasteiger partial charge in [-0.1, -0.05) is 48.6 Å². The van der Waals surface area contributed by atoms with Crippen LogP contribution in [0.1, 0.15) is 12.5 Å². The van der Waals surface area contributed by atoms with Gasteiger partial charge in [0.15, 0.2) is 0 Å². The molecule has 0 unspecified atom stereocenters. The van der Waals surface area contributed by atoms with Gasteiger partial charge in [-0.15, -0.1) is 0 Å². The van der Waals surface area contributed by atoms with E-state index in [4.69, 9.17) is 0 Å². The monoisotopic (exact) mass is 254 g/mol. The van der Waals surface area contributed by atoms with E-state index in [0.29, 0.717) is 0 Å².